The first-order valence-corrected chi connectivity index (χ1v) is 6.19. The minimum absolute atomic E-state index is 0.0637. The van der Waals surface area contributed by atoms with Crippen molar-refractivity contribution in [1.29, 1.82) is 0 Å². The maximum absolute atomic E-state index is 11.9. The molecule has 0 bridgehead atoms. The predicted molar refractivity (Wildman–Crippen MR) is 63.3 cm³/mol. The molecular weight excluding hydrogens is 222 g/mol. The van der Waals surface area contributed by atoms with E-state index in [0.29, 0.717) is 12.4 Å². The van der Waals surface area contributed by atoms with E-state index in [1.165, 1.54) is 15.3 Å². The van der Waals surface area contributed by atoms with Crippen molar-refractivity contribution in [2.24, 2.45) is 10.7 Å². The third kappa shape index (κ3) is 1.15. The van der Waals surface area contributed by atoms with E-state index in [-0.39, 0.29) is 11.4 Å². The summed E-state index contributed by atoms with van der Waals surface area (Å²) in [7, 11) is 1.68. The topological polar surface area (TPSA) is 58.7 Å². The highest BCUT2D eigenvalue weighted by Crippen LogP contribution is 2.47. The minimum atomic E-state index is -0.350. The van der Waals surface area contributed by atoms with Crippen molar-refractivity contribution in [2.75, 3.05) is 7.05 Å². The highest BCUT2D eigenvalue weighted by molar-refractivity contribution is 7.10. The molecule has 4 nitrogen and oxygen atoms in total. The second-order valence-corrected chi connectivity index (χ2v) is 5.32. The van der Waals surface area contributed by atoms with Gasteiger partial charge in [-0.3, -0.25) is 9.69 Å². The number of carbonyl (C=O) groups excluding carboxylic acids is 1. The zero-order valence-corrected chi connectivity index (χ0v) is 9.88. The van der Waals surface area contributed by atoms with Crippen molar-refractivity contribution in [1.82, 2.24) is 4.90 Å². The zero-order chi connectivity index (χ0) is 11.3. The van der Waals surface area contributed by atoms with Crippen molar-refractivity contribution in [2.45, 2.75) is 24.8 Å². The average molecular weight is 235 g/mol. The van der Waals surface area contributed by atoms with E-state index in [2.05, 4.69) is 16.4 Å². The van der Waals surface area contributed by atoms with Crippen molar-refractivity contribution in [3.05, 3.63) is 21.9 Å². The normalized spacial score (nSPS) is 28.4. The highest BCUT2D eigenvalue weighted by Gasteiger charge is 2.45. The van der Waals surface area contributed by atoms with Gasteiger partial charge in [-0.1, -0.05) is 0 Å². The number of hydrogen-bond acceptors (Lipinski definition) is 4. The van der Waals surface area contributed by atoms with E-state index in [4.69, 9.17) is 5.73 Å². The number of aryl methyl sites for hydroxylation is 1. The monoisotopic (exact) mass is 235 g/mol. The van der Waals surface area contributed by atoms with Gasteiger partial charge in [0.05, 0.1) is 6.42 Å². The molecule has 1 aromatic heterocycles. The fourth-order valence-corrected chi connectivity index (χ4v) is 3.63. The maximum atomic E-state index is 11.9. The lowest BCUT2D eigenvalue weighted by Crippen LogP contribution is -2.47. The van der Waals surface area contributed by atoms with E-state index < -0.39 is 0 Å². The fourth-order valence-electron chi connectivity index (χ4n) is 2.50. The highest BCUT2D eigenvalue weighted by atomic mass is 32.1. The van der Waals surface area contributed by atoms with Gasteiger partial charge in [0.15, 0.2) is 5.96 Å². The van der Waals surface area contributed by atoms with E-state index in [9.17, 15) is 4.79 Å². The Morgan fingerprint density at radius 1 is 1.62 bits per heavy atom. The first-order valence-electron chi connectivity index (χ1n) is 5.31. The van der Waals surface area contributed by atoms with Crippen molar-refractivity contribution in [3.63, 3.8) is 0 Å². The molecule has 1 aliphatic heterocycles. The minimum Gasteiger partial charge on any atom is -0.369 e. The van der Waals surface area contributed by atoms with Crippen LogP contribution in [-0.2, 0) is 16.8 Å². The number of amides is 1. The van der Waals surface area contributed by atoms with Crippen LogP contribution >= 0.6 is 11.3 Å². The summed E-state index contributed by atoms with van der Waals surface area (Å²) in [5.74, 6) is 0.409. The molecule has 1 spiro atoms. The second-order valence-electron chi connectivity index (χ2n) is 4.41. The third-order valence-corrected chi connectivity index (χ3v) is 4.62. The Morgan fingerprint density at radius 2 is 2.44 bits per heavy atom. The Morgan fingerprint density at radius 3 is 3.19 bits per heavy atom. The van der Waals surface area contributed by atoms with E-state index in [0.717, 1.165) is 12.8 Å². The molecule has 0 aromatic carbocycles. The molecule has 5 heteroatoms. The van der Waals surface area contributed by atoms with Crippen LogP contribution in [0.3, 0.4) is 0 Å². The van der Waals surface area contributed by atoms with Crippen molar-refractivity contribution in [3.8, 4) is 0 Å². The van der Waals surface area contributed by atoms with Gasteiger partial charge in [-0.15, -0.1) is 11.3 Å². The van der Waals surface area contributed by atoms with Gasteiger partial charge in [0.1, 0.15) is 5.54 Å². The van der Waals surface area contributed by atoms with Crippen LogP contribution in [0.2, 0.25) is 0 Å². The van der Waals surface area contributed by atoms with Crippen LogP contribution in [0.15, 0.2) is 16.4 Å². The van der Waals surface area contributed by atoms with Crippen LogP contribution in [0.25, 0.3) is 0 Å². The molecule has 1 atom stereocenters. The van der Waals surface area contributed by atoms with Crippen LogP contribution in [0, 0.1) is 0 Å². The summed E-state index contributed by atoms with van der Waals surface area (Å²) in [6.45, 7) is 0. The summed E-state index contributed by atoms with van der Waals surface area (Å²) in [6.07, 6.45) is 2.37. The van der Waals surface area contributed by atoms with E-state index >= 15 is 0 Å². The van der Waals surface area contributed by atoms with Crippen molar-refractivity contribution < 1.29 is 4.79 Å². The predicted octanol–water partition coefficient (Wildman–Crippen LogP) is 1.07. The summed E-state index contributed by atoms with van der Waals surface area (Å²) in [4.78, 5) is 19.1. The van der Waals surface area contributed by atoms with Crippen LogP contribution in [0.1, 0.15) is 23.3 Å². The number of fused-ring (bicyclic) bond motifs is 2. The molecule has 16 heavy (non-hydrogen) atoms. The zero-order valence-electron chi connectivity index (χ0n) is 9.06. The van der Waals surface area contributed by atoms with Crippen LogP contribution in [0.4, 0.5) is 0 Å². The molecule has 0 fully saturated rings. The Labute approximate surface area is 97.8 Å². The lowest BCUT2D eigenvalue weighted by molar-refractivity contribution is -0.128. The maximum Gasteiger partial charge on any atom is 0.231 e. The number of hydrogen-bond donors (Lipinski definition) is 1. The smallest absolute Gasteiger partial charge is 0.231 e. The summed E-state index contributed by atoms with van der Waals surface area (Å²) in [6, 6.07) is 2.13. The van der Waals surface area contributed by atoms with Crippen molar-refractivity contribution >= 4 is 23.2 Å². The van der Waals surface area contributed by atoms with Gasteiger partial charge in [0, 0.05) is 11.9 Å². The SMILES string of the molecule is CN1C(=O)CC2(CCc3ccsc32)N=C1N. The molecule has 1 aromatic rings. The van der Waals surface area contributed by atoms with Gasteiger partial charge in [0.2, 0.25) is 5.91 Å². The Hall–Kier alpha value is -1.36. The molecule has 0 saturated heterocycles. The van der Waals surface area contributed by atoms with Crippen LogP contribution < -0.4 is 5.73 Å². The van der Waals surface area contributed by atoms with Gasteiger partial charge >= 0.3 is 0 Å². The van der Waals surface area contributed by atoms with Gasteiger partial charge in [-0.2, -0.15) is 0 Å². The Bertz CT molecular complexity index is 493. The summed E-state index contributed by atoms with van der Waals surface area (Å²) in [5, 5.41) is 2.07. The van der Waals surface area contributed by atoms with Gasteiger partial charge in [0.25, 0.3) is 0 Å². The molecule has 0 saturated carbocycles. The first kappa shape index (κ1) is 9.84. The van der Waals surface area contributed by atoms with Gasteiger partial charge < -0.3 is 5.73 Å². The number of nitrogens with zero attached hydrogens (tertiary/aromatic N) is 2. The molecule has 3 rings (SSSR count). The number of nitrogens with two attached hydrogens (primary N) is 1. The number of thiophene rings is 1. The van der Waals surface area contributed by atoms with Crippen LogP contribution in [-0.4, -0.2) is 23.8 Å². The third-order valence-electron chi connectivity index (χ3n) is 3.47. The van der Waals surface area contributed by atoms with Gasteiger partial charge in [-0.25, -0.2) is 4.99 Å². The molecule has 1 unspecified atom stereocenters. The lowest BCUT2D eigenvalue weighted by atomic mass is 9.93. The van der Waals surface area contributed by atoms with E-state index in [1.54, 1.807) is 18.4 Å². The number of rotatable bonds is 0. The van der Waals surface area contributed by atoms with Crippen LogP contribution in [0.5, 0.6) is 0 Å². The quantitative estimate of drug-likeness (QED) is 0.731. The molecule has 0 radical (unpaired) electrons. The molecular formula is C11H13N3OS. The Balaban J connectivity index is 2.12. The summed E-state index contributed by atoms with van der Waals surface area (Å²) < 4.78 is 0. The standard InChI is InChI=1S/C11H13N3OS/c1-14-8(15)6-11(13-10(14)12)4-2-7-3-5-16-9(7)11/h3,5H,2,4,6H2,1H3,(H2,12,13). The van der Waals surface area contributed by atoms with Gasteiger partial charge in [-0.05, 0) is 29.9 Å². The molecule has 2 heterocycles. The first-order chi connectivity index (χ1) is 7.62. The molecule has 84 valence electrons. The number of guanidine groups is 1. The average Bonchev–Trinajstić information content (AvgIpc) is 2.80. The lowest BCUT2D eigenvalue weighted by Gasteiger charge is -2.33. The molecule has 1 aliphatic carbocycles. The number of aliphatic imine (C=N–C) groups is 1. The van der Waals surface area contributed by atoms with E-state index in [1.807, 2.05) is 0 Å². The number of carbonyl (C=O) groups is 1. The summed E-state index contributed by atoms with van der Waals surface area (Å²) >= 11 is 1.69. The fraction of sp³-hybridized carbons (Fsp3) is 0.455. The largest absolute Gasteiger partial charge is 0.369 e. The molecule has 2 aliphatic rings. The molecule has 1 amide bonds. The second kappa shape index (κ2) is 3.07. The summed E-state index contributed by atoms with van der Waals surface area (Å²) in [5.41, 5.74) is 6.79. The molecule has 2 N–H and O–H groups in total. The Kier molecular flexibility index (Phi) is 1.89.